The summed E-state index contributed by atoms with van der Waals surface area (Å²) in [4.78, 5) is 25.5. The summed E-state index contributed by atoms with van der Waals surface area (Å²) in [5.41, 5.74) is 0.585. The van der Waals surface area contributed by atoms with Gasteiger partial charge in [0.1, 0.15) is 4.47 Å². The zero-order valence-electron chi connectivity index (χ0n) is 12.1. The van der Waals surface area contributed by atoms with Crippen LogP contribution >= 0.6 is 15.9 Å². The van der Waals surface area contributed by atoms with Crippen LogP contribution in [0.5, 0.6) is 0 Å². The maximum Gasteiger partial charge on any atom is 0.407 e. The van der Waals surface area contributed by atoms with E-state index in [1.807, 2.05) is 0 Å². The Bertz CT molecular complexity index is 575. The lowest BCUT2D eigenvalue weighted by Crippen LogP contribution is -2.48. The molecule has 1 aliphatic heterocycles. The molecule has 2 rings (SSSR count). The van der Waals surface area contributed by atoms with Crippen LogP contribution in [0.4, 0.5) is 10.5 Å². The highest BCUT2D eigenvalue weighted by molar-refractivity contribution is 9.10. The lowest BCUT2D eigenvalue weighted by atomic mass is 10.1. The molecule has 8 heteroatoms. The van der Waals surface area contributed by atoms with Gasteiger partial charge in [0.15, 0.2) is 0 Å². The lowest BCUT2D eigenvalue weighted by molar-refractivity contribution is 0.146. The lowest BCUT2D eigenvalue weighted by Gasteiger charge is -2.34. The van der Waals surface area contributed by atoms with Gasteiger partial charge in [0.2, 0.25) is 0 Å². The van der Waals surface area contributed by atoms with Gasteiger partial charge in [0.25, 0.3) is 5.56 Å². The summed E-state index contributed by atoms with van der Waals surface area (Å²) in [6, 6.07) is 0.00811. The van der Waals surface area contributed by atoms with Gasteiger partial charge in [-0.05, 0) is 35.7 Å². The van der Waals surface area contributed by atoms with Crippen molar-refractivity contribution in [3.8, 4) is 0 Å². The van der Waals surface area contributed by atoms with E-state index in [2.05, 4.69) is 31.2 Å². The van der Waals surface area contributed by atoms with Crippen LogP contribution in [0, 0.1) is 0 Å². The molecule has 1 atom stereocenters. The van der Waals surface area contributed by atoms with E-state index in [-0.39, 0.29) is 11.6 Å². The fraction of sp³-hybridized carbons (Fsp3) is 0.615. The number of aromatic nitrogens is 2. The molecule has 0 aliphatic carbocycles. The average Bonchev–Trinajstić information content (AvgIpc) is 2.45. The fourth-order valence-corrected chi connectivity index (χ4v) is 2.99. The van der Waals surface area contributed by atoms with Crippen LogP contribution < -0.4 is 15.8 Å². The molecular weight excluding hydrogens is 340 g/mol. The van der Waals surface area contributed by atoms with E-state index in [0.717, 1.165) is 25.1 Å². The summed E-state index contributed by atoms with van der Waals surface area (Å²) in [5.74, 6) is 0. The first kappa shape index (κ1) is 15.8. The molecule has 0 spiro atoms. The smallest absolute Gasteiger partial charge is 0.407 e. The zero-order chi connectivity index (χ0) is 15.4. The van der Waals surface area contributed by atoms with E-state index in [1.54, 1.807) is 20.2 Å². The highest BCUT2D eigenvalue weighted by Crippen LogP contribution is 2.24. The number of aryl methyl sites for hydroxylation is 1. The van der Waals surface area contributed by atoms with Crippen LogP contribution in [-0.4, -0.2) is 41.6 Å². The molecular formula is C13H19BrN4O3. The minimum Gasteiger partial charge on any atom is -0.450 e. The zero-order valence-corrected chi connectivity index (χ0v) is 13.7. The van der Waals surface area contributed by atoms with Gasteiger partial charge < -0.3 is 15.0 Å². The van der Waals surface area contributed by atoms with Gasteiger partial charge in [-0.15, -0.1) is 0 Å². The normalized spacial score (nSPS) is 18.4. The Morgan fingerprint density at radius 2 is 2.38 bits per heavy atom. The van der Waals surface area contributed by atoms with Gasteiger partial charge in [0, 0.05) is 26.2 Å². The molecule has 1 aromatic rings. The number of nitrogens with zero attached hydrogens (tertiary/aromatic N) is 3. The monoisotopic (exact) mass is 358 g/mol. The quantitative estimate of drug-likeness (QED) is 0.879. The third-order valence-corrected chi connectivity index (χ3v) is 4.16. The number of halogens is 1. The molecule has 1 unspecified atom stereocenters. The van der Waals surface area contributed by atoms with E-state index in [4.69, 9.17) is 4.74 Å². The Hall–Kier alpha value is -1.57. The topological polar surface area (TPSA) is 76.5 Å². The highest BCUT2D eigenvalue weighted by atomic mass is 79.9. The Kier molecular flexibility index (Phi) is 5.22. The van der Waals surface area contributed by atoms with Crippen LogP contribution in [-0.2, 0) is 11.8 Å². The first-order valence-corrected chi connectivity index (χ1v) is 7.72. The predicted octanol–water partition coefficient (Wildman–Crippen LogP) is 1.26. The van der Waals surface area contributed by atoms with Crippen molar-refractivity contribution in [1.82, 2.24) is 15.1 Å². The number of hydrogen-bond acceptors (Lipinski definition) is 5. The minimum absolute atomic E-state index is 0.00811. The van der Waals surface area contributed by atoms with Crippen molar-refractivity contribution in [2.75, 3.05) is 24.6 Å². The number of hydrogen-bond donors (Lipinski definition) is 1. The van der Waals surface area contributed by atoms with E-state index >= 15 is 0 Å². The summed E-state index contributed by atoms with van der Waals surface area (Å²) in [5, 5.41) is 6.89. The van der Waals surface area contributed by atoms with Crippen LogP contribution in [0.1, 0.15) is 19.8 Å². The molecule has 116 valence electrons. The molecule has 1 aromatic heterocycles. The summed E-state index contributed by atoms with van der Waals surface area (Å²) in [7, 11) is 1.61. The molecule has 2 heterocycles. The van der Waals surface area contributed by atoms with Crippen molar-refractivity contribution in [3.63, 3.8) is 0 Å². The number of ether oxygens (including phenoxy) is 1. The van der Waals surface area contributed by atoms with E-state index < -0.39 is 6.09 Å². The molecule has 0 bridgehead atoms. The van der Waals surface area contributed by atoms with Gasteiger partial charge in [-0.2, -0.15) is 5.10 Å². The number of nitrogens with one attached hydrogen (secondary N) is 1. The van der Waals surface area contributed by atoms with Gasteiger partial charge >= 0.3 is 6.09 Å². The van der Waals surface area contributed by atoms with Crippen LogP contribution in [0.2, 0.25) is 0 Å². The van der Waals surface area contributed by atoms with E-state index in [1.165, 1.54) is 4.68 Å². The molecule has 1 fully saturated rings. The fourth-order valence-electron chi connectivity index (χ4n) is 2.38. The summed E-state index contributed by atoms with van der Waals surface area (Å²) in [6.45, 7) is 3.59. The molecule has 7 nitrogen and oxygen atoms in total. The largest absolute Gasteiger partial charge is 0.450 e. The van der Waals surface area contributed by atoms with Gasteiger partial charge in [-0.3, -0.25) is 4.79 Å². The maximum atomic E-state index is 11.9. The van der Waals surface area contributed by atoms with Gasteiger partial charge in [0.05, 0.1) is 18.5 Å². The Morgan fingerprint density at radius 3 is 3.10 bits per heavy atom. The van der Waals surface area contributed by atoms with Crippen LogP contribution in [0.25, 0.3) is 0 Å². The third kappa shape index (κ3) is 3.75. The number of alkyl carbamates (subject to hydrolysis) is 1. The number of piperidine rings is 1. The second-order valence-electron chi connectivity index (χ2n) is 4.92. The van der Waals surface area contributed by atoms with Gasteiger partial charge in [-0.1, -0.05) is 0 Å². The first-order valence-electron chi connectivity index (χ1n) is 6.93. The SMILES string of the molecule is CCOC(=O)NC1CCCN(c2cnn(C)c(=O)c2Br)C1. The van der Waals surface area contributed by atoms with Gasteiger partial charge in [-0.25, -0.2) is 9.48 Å². The maximum absolute atomic E-state index is 11.9. The number of carbonyl (C=O) groups is 1. The van der Waals surface area contributed by atoms with Crippen LogP contribution in [0.15, 0.2) is 15.5 Å². The van der Waals surface area contributed by atoms with Crippen molar-refractivity contribution in [2.45, 2.75) is 25.8 Å². The molecule has 0 aromatic carbocycles. The Morgan fingerprint density at radius 1 is 1.62 bits per heavy atom. The van der Waals surface area contributed by atoms with E-state index in [9.17, 15) is 9.59 Å². The Balaban J connectivity index is 2.09. The molecule has 0 saturated carbocycles. The van der Waals surface area contributed by atoms with Crippen molar-refractivity contribution >= 4 is 27.7 Å². The predicted molar refractivity (Wildman–Crippen MR) is 82.6 cm³/mol. The number of rotatable bonds is 3. The minimum atomic E-state index is -0.398. The molecule has 1 N–H and O–H groups in total. The molecule has 0 radical (unpaired) electrons. The standard InChI is InChI=1S/C13H19BrN4O3/c1-3-21-13(20)16-9-5-4-6-18(8-9)10-7-15-17(2)12(19)11(10)14/h7,9H,3-6,8H2,1-2H3,(H,16,20). The highest BCUT2D eigenvalue weighted by Gasteiger charge is 2.24. The number of carbonyl (C=O) groups excluding carboxylic acids is 1. The van der Waals surface area contributed by atoms with Crippen molar-refractivity contribution < 1.29 is 9.53 Å². The third-order valence-electron chi connectivity index (χ3n) is 3.42. The molecule has 1 aliphatic rings. The Labute approximate surface area is 131 Å². The van der Waals surface area contributed by atoms with Crippen LogP contribution in [0.3, 0.4) is 0 Å². The summed E-state index contributed by atoms with van der Waals surface area (Å²) >= 11 is 3.34. The first-order chi connectivity index (χ1) is 10.0. The molecule has 21 heavy (non-hydrogen) atoms. The second-order valence-corrected chi connectivity index (χ2v) is 5.72. The summed E-state index contributed by atoms with van der Waals surface area (Å²) in [6.07, 6.45) is 3.09. The van der Waals surface area contributed by atoms with E-state index in [0.29, 0.717) is 17.6 Å². The summed E-state index contributed by atoms with van der Waals surface area (Å²) < 4.78 is 6.68. The number of anilines is 1. The second kappa shape index (κ2) is 6.93. The average molecular weight is 359 g/mol. The van der Waals surface area contributed by atoms with Crippen molar-refractivity contribution in [2.24, 2.45) is 7.05 Å². The van der Waals surface area contributed by atoms with Crippen molar-refractivity contribution in [1.29, 1.82) is 0 Å². The number of amides is 1. The molecule has 1 amide bonds. The molecule has 1 saturated heterocycles. The van der Waals surface area contributed by atoms with Crippen molar-refractivity contribution in [3.05, 3.63) is 21.0 Å².